The highest BCUT2D eigenvalue weighted by molar-refractivity contribution is 7.89. The molecule has 1 saturated heterocycles. The number of hydrogen-bond donors (Lipinski definition) is 1. The Morgan fingerprint density at radius 3 is 2.45 bits per heavy atom. The molecule has 4 rings (SSSR count). The van der Waals surface area contributed by atoms with Crippen LogP contribution in [0.3, 0.4) is 0 Å². The summed E-state index contributed by atoms with van der Waals surface area (Å²) in [6.45, 7) is 10.6. The molecule has 2 aliphatic rings. The molecule has 1 amide bonds. The molecular formula is C29H44N4O4S. The number of benzene rings is 1. The molecule has 210 valence electrons. The lowest BCUT2D eigenvalue weighted by atomic mass is 9.92. The summed E-state index contributed by atoms with van der Waals surface area (Å²) in [7, 11) is -2.12. The van der Waals surface area contributed by atoms with E-state index in [9.17, 15) is 18.0 Å². The van der Waals surface area contributed by atoms with Crippen LogP contribution >= 0.6 is 0 Å². The van der Waals surface area contributed by atoms with Crippen molar-refractivity contribution in [2.45, 2.75) is 83.2 Å². The Labute approximate surface area is 227 Å². The summed E-state index contributed by atoms with van der Waals surface area (Å²) in [6.07, 6.45) is 8.57. The fraction of sp³-hybridized carbons (Fsp3) is 0.655. The highest BCUT2D eigenvalue weighted by Crippen LogP contribution is 2.28. The Morgan fingerprint density at radius 2 is 1.79 bits per heavy atom. The van der Waals surface area contributed by atoms with Gasteiger partial charge in [0.15, 0.2) is 0 Å². The van der Waals surface area contributed by atoms with Crippen LogP contribution in [-0.4, -0.2) is 67.4 Å². The van der Waals surface area contributed by atoms with Gasteiger partial charge in [0.1, 0.15) is 5.56 Å². The molecule has 1 aromatic heterocycles. The predicted octanol–water partition coefficient (Wildman–Crippen LogP) is 4.07. The first-order valence-corrected chi connectivity index (χ1v) is 15.7. The maximum atomic E-state index is 13.5. The zero-order valence-corrected chi connectivity index (χ0v) is 24.2. The number of fused-ring (bicyclic) bond motifs is 1. The summed E-state index contributed by atoms with van der Waals surface area (Å²) < 4.78 is 30.2. The van der Waals surface area contributed by atoms with Crippen LogP contribution < -0.4 is 10.7 Å². The van der Waals surface area contributed by atoms with Gasteiger partial charge in [-0.1, -0.05) is 33.1 Å². The molecule has 2 heterocycles. The third-order valence-electron chi connectivity index (χ3n) is 8.28. The molecule has 2 atom stereocenters. The van der Waals surface area contributed by atoms with Gasteiger partial charge in [-0.25, -0.2) is 8.42 Å². The van der Waals surface area contributed by atoms with Gasteiger partial charge in [0.25, 0.3) is 5.91 Å². The number of aryl methyl sites for hydroxylation is 1. The minimum Gasteiger partial charge on any atom is -0.352 e. The standard InChI is InChI=1S/C29H44N4O4S/c1-5-33-20-26(29(35)30-14-9-15-32-18-21(2)16-22(3)19-32)28(34)25-17-24(12-13-27(25)33)38(36,37)31(4)23-10-7-6-8-11-23/h12-13,17,20-23H,5-11,14-16,18-19H2,1-4H3,(H,30,35)/t21-,22-/m1/s1. The predicted molar refractivity (Wildman–Crippen MR) is 152 cm³/mol. The largest absolute Gasteiger partial charge is 0.352 e. The molecule has 2 fully saturated rings. The lowest BCUT2D eigenvalue weighted by Crippen LogP contribution is -2.40. The molecule has 1 aromatic carbocycles. The number of aromatic nitrogens is 1. The smallest absolute Gasteiger partial charge is 0.256 e. The number of sulfonamides is 1. The van der Waals surface area contributed by atoms with E-state index < -0.39 is 21.4 Å². The normalized spacial score (nSPS) is 21.7. The molecule has 2 aromatic rings. The van der Waals surface area contributed by atoms with E-state index >= 15 is 0 Å². The van der Waals surface area contributed by atoms with Crippen molar-refractivity contribution in [3.8, 4) is 0 Å². The van der Waals surface area contributed by atoms with Crippen LogP contribution in [0, 0.1) is 11.8 Å². The molecule has 0 radical (unpaired) electrons. The Kier molecular flexibility index (Phi) is 9.31. The second kappa shape index (κ2) is 12.3. The van der Waals surface area contributed by atoms with Gasteiger partial charge < -0.3 is 14.8 Å². The zero-order chi connectivity index (χ0) is 27.4. The number of pyridine rings is 1. The fourth-order valence-electron chi connectivity index (χ4n) is 6.34. The van der Waals surface area contributed by atoms with Crippen LogP contribution in [0.4, 0.5) is 0 Å². The number of hydrogen-bond acceptors (Lipinski definition) is 5. The maximum absolute atomic E-state index is 13.5. The summed E-state index contributed by atoms with van der Waals surface area (Å²) in [5.74, 6) is 0.969. The molecule has 1 N–H and O–H groups in total. The summed E-state index contributed by atoms with van der Waals surface area (Å²) >= 11 is 0. The Balaban J connectivity index is 1.52. The molecule has 0 bridgehead atoms. The third-order valence-corrected chi connectivity index (χ3v) is 10.2. The molecule has 38 heavy (non-hydrogen) atoms. The van der Waals surface area contributed by atoms with Gasteiger partial charge in [0, 0.05) is 50.9 Å². The van der Waals surface area contributed by atoms with E-state index in [2.05, 4.69) is 24.1 Å². The molecular weight excluding hydrogens is 500 g/mol. The molecule has 1 aliphatic heterocycles. The molecule has 1 aliphatic carbocycles. The Bertz CT molecular complexity index is 1290. The third kappa shape index (κ3) is 6.32. The summed E-state index contributed by atoms with van der Waals surface area (Å²) in [4.78, 5) is 29.1. The van der Waals surface area contributed by atoms with Gasteiger partial charge in [-0.05, 0) is 69.2 Å². The number of rotatable bonds is 9. The first-order valence-electron chi connectivity index (χ1n) is 14.3. The van der Waals surface area contributed by atoms with E-state index in [0.717, 1.165) is 58.2 Å². The minimum absolute atomic E-state index is 0.0229. The zero-order valence-electron chi connectivity index (χ0n) is 23.4. The Hall–Kier alpha value is -2.23. The number of nitrogens with one attached hydrogen (secondary N) is 1. The van der Waals surface area contributed by atoms with Gasteiger partial charge in [-0.3, -0.25) is 9.59 Å². The van der Waals surface area contributed by atoms with Crippen molar-refractivity contribution in [1.29, 1.82) is 0 Å². The molecule has 0 unspecified atom stereocenters. The van der Waals surface area contributed by atoms with Gasteiger partial charge in [-0.2, -0.15) is 4.31 Å². The van der Waals surface area contributed by atoms with Crippen LogP contribution in [-0.2, 0) is 16.6 Å². The number of piperidine rings is 1. The lowest BCUT2D eigenvalue weighted by Gasteiger charge is -2.34. The number of amides is 1. The monoisotopic (exact) mass is 544 g/mol. The second-order valence-electron chi connectivity index (χ2n) is 11.5. The van der Waals surface area contributed by atoms with Gasteiger partial charge in [0.05, 0.1) is 10.4 Å². The molecule has 1 saturated carbocycles. The fourth-order valence-corrected chi connectivity index (χ4v) is 7.78. The summed E-state index contributed by atoms with van der Waals surface area (Å²) in [6, 6.07) is 4.69. The number of carbonyl (C=O) groups excluding carboxylic acids is 1. The van der Waals surface area contributed by atoms with E-state index in [-0.39, 0.29) is 21.9 Å². The van der Waals surface area contributed by atoms with Crippen LogP contribution in [0.5, 0.6) is 0 Å². The summed E-state index contributed by atoms with van der Waals surface area (Å²) in [5.41, 5.74) is 0.245. The lowest BCUT2D eigenvalue weighted by molar-refractivity contribution is 0.0945. The topological polar surface area (TPSA) is 91.7 Å². The van der Waals surface area contributed by atoms with E-state index in [4.69, 9.17) is 0 Å². The van der Waals surface area contributed by atoms with Gasteiger partial charge >= 0.3 is 0 Å². The van der Waals surface area contributed by atoms with Crippen LogP contribution in [0.2, 0.25) is 0 Å². The molecule has 0 spiro atoms. The first-order chi connectivity index (χ1) is 18.1. The molecule has 9 heteroatoms. The van der Waals surface area contributed by atoms with Gasteiger partial charge in [-0.15, -0.1) is 0 Å². The van der Waals surface area contributed by atoms with Crippen LogP contribution in [0.25, 0.3) is 10.9 Å². The van der Waals surface area contributed by atoms with Crippen molar-refractivity contribution in [2.75, 3.05) is 33.2 Å². The molecule has 8 nitrogen and oxygen atoms in total. The van der Waals surface area contributed by atoms with Gasteiger partial charge in [0.2, 0.25) is 15.5 Å². The van der Waals surface area contributed by atoms with Crippen molar-refractivity contribution in [3.05, 3.63) is 40.2 Å². The second-order valence-corrected chi connectivity index (χ2v) is 13.5. The van der Waals surface area contributed by atoms with Crippen molar-refractivity contribution < 1.29 is 13.2 Å². The Morgan fingerprint density at radius 1 is 1.11 bits per heavy atom. The van der Waals surface area contributed by atoms with Crippen molar-refractivity contribution in [2.24, 2.45) is 11.8 Å². The van der Waals surface area contributed by atoms with E-state index in [1.54, 1.807) is 25.4 Å². The first kappa shape index (κ1) is 28.8. The minimum atomic E-state index is -3.76. The maximum Gasteiger partial charge on any atom is 0.256 e. The SMILES string of the molecule is CCn1cc(C(=O)NCCCN2C[C@H](C)C[C@@H](C)C2)c(=O)c2cc(S(=O)(=O)N(C)C3CCCCC3)ccc21. The highest BCUT2D eigenvalue weighted by Gasteiger charge is 2.30. The highest BCUT2D eigenvalue weighted by atomic mass is 32.2. The number of carbonyl (C=O) groups is 1. The van der Waals surface area contributed by atoms with Crippen LogP contribution in [0.1, 0.15) is 76.1 Å². The van der Waals surface area contributed by atoms with Crippen molar-refractivity contribution in [1.82, 2.24) is 19.1 Å². The number of nitrogens with zero attached hydrogens (tertiary/aromatic N) is 3. The van der Waals surface area contributed by atoms with E-state index in [1.165, 1.54) is 16.8 Å². The van der Waals surface area contributed by atoms with E-state index in [1.807, 2.05) is 11.5 Å². The van der Waals surface area contributed by atoms with Crippen LogP contribution in [0.15, 0.2) is 34.1 Å². The summed E-state index contributed by atoms with van der Waals surface area (Å²) in [5, 5.41) is 3.18. The quantitative estimate of drug-likeness (QED) is 0.481. The number of likely N-dealkylation sites (tertiary alicyclic amines) is 1. The average Bonchev–Trinajstić information content (AvgIpc) is 2.90. The van der Waals surface area contributed by atoms with Crippen molar-refractivity contribution >= 4 is 26.8 Å². The average molecular weight is 545 g/mol. The van der Waals surface area contributed by atoms with Crippen molar-refractivity contribution in [3.63, 3.8) is 0 Å². The van der Waals surface area contributed by atoms with E-state index in [0.29, 0.717) is 30.4 Å².